The average molecular weight is 304 g/mol. The average Bonchev–Trinajstić information content (AvgIpc) is 2.35. The lowest BCUT2D eigenvalue weighted by Gasteiger charge is -2.43. The SMILES string of the molecule is CCCNC1CCC(C(C)(C)C)CC1CN(C)CC(F)F. The number of nitrogens with one attached hydrogen (secondary N) is 1. The third kappa shape index (κ3) is 6.60. The summed E-state index contributed by atoms with van der Waals surface area (Å²) < 4.78 is 25.1. The number of hydrogen-bond donors (Lipinski definition) is 1. The minimum Gasteiger partial charge on any atom is -0.314 e. The molecule has 0 aliphatic heterocycles. The molecule has 2 nitrogen and oxygen atoms in total. The molecule has 3 atom stereocenters. The summed E-state index contributed by atoms with van der Waals surface area (Å²) in [5.41, 5.74) is 0.315. The van der Waals surface area contributed by atoms with Crippen LogP contribution in [-0.4, -0.2) is 44.0 Å². The first-order valence-electron chi connectivity index (χ1n) is 8.44. The minimum absolute atomic E-state index is 0.114. The molecule has 0 spiro atoms. The molecule has 3 unspecified atom stereocenters. The Morgan fingerprint density at radius 2 is 1.90 bits per heavy atom. The van der Waals surface area contributed by atoms with Crippen LogP contribution in [0.15, 0.2) is 0 Å². The third-order valence-corrected chi connectivity index (χ3v) is 4.86. The molecule has 0 radical (unpaired) electrons. The van der Waals surface area contributed by atoms with Gasteiger partial charge in [0.25, 0.3) is 6.43 Å². The second-order valence-corrected chi connectivity index (χ2v) is 7.81. The number of nitrogens with zero attached hydrogens (tertiary/aromatic N) is 1. The maximum atomic E-state index is 12.5. The van der Waals surface area contributed by atoms with E-state index >= 15 is 0 Å². The molecule has 0 amide bonds. The van der Waals surface area contributed by atoms with Gasteiger partial charge in [0.1, 0.15) is 0 Å². The lowest BCUT2D eigenvalue weighted by atomic mass is 9.67. The van der Waals surface area contributed by atoms with Crippen molar-refractivity contribution in [1.82, 2.24) is 10.2 Å². The highest BCUT2D eigenvalue weighted by Crippen LogP contribution is 2.40. The third-order valence-electron chi connectivity index (χ3n) is 4.86. The van der Waals surface area contributed by atoms with Crippen LogP contribution in [0, 0.1) is 17.3 Å². The second-order valence-electron chi connectivity index (χ2n) is 7.81. The van der Waals surface area contributed by atoms with Crippen molar-refractivity contribution in [2.24, 2.45) is 17.3 Å². The molecule has 21 heavy (non-hydrogen) atoms. The van der Waals surface area contributed by atoms with Gasteiger partial charge in [-0.3, -0.25) is 0 Å². The minimum atomic E-state index is -2.24. The highest BCUT2D eigenvalue weighted by molar-refractivity contribution is 4.90. The topological polar surface area (TPSA) is 15.3 Å². The fraction of sp³-hybridized carbons (Fsp3) is 1.00. The van der Waals surface area contributed by atoms with Gasteiger partial charge < -0.3 is 10.2 Å². The molecule has 126 valence electrons. The Labute approximate surface area is 129 Å². The van der Waals surface area contributed by atoms with E-state index in [4.69, 9.17) is 0 Å². The maximum Gasteiger partial charge on any atom is 0.251 e. The molecule has 0 bridgehead atoms. The standard InChI is InChI=1S/C17H34F2N2/c1-6-9-20-15-8-7-14(17(2,3)4)10-13(15)11-21(5)12-16(18)19/h13-16,20H,6-12H2,1-5H3. The van der Waals surface area contributed by atoms with E-state index in [1.807, 2.05) is 7.05 Å². The predicted molar refractivity (Wildman–Crippen MR) is 85.9 cm³/mol. The van der Waals surface area contributed by atoms with E-state index < -0.39 is 6.43 Å². The molecule has 0 aromatic heterocycles. The van der Waals surface area contributed by atoms with Gasteiger partial charge in [-0.2, -0.15) is 0 Å². The van der Waals surface area contributed by atoms with Crippen LogP contribution in [0.25, 0.3) is 0 Å². The van der Waals surface area contributed by atoms with Gasteiger partial charge in [0.15, 0.2) is 0 Å². The highest BCUT2D eigenvalue weighted by atomic mass is 19.3. The lowest BCUT2D eigenvalue weighted by Crippen LogP contribution is -2.47. The van der Waals surface area contributed by atoms with Crippen molar-refractivity contribution < 1.29 is 8.78 Å². The monoisotopic (exact) mass is 304 g/mol. The van der Waals surface area contributed by atoms with Crippen LogP contribution in [0.2, 0.25) is 0 Å². The van der Waals surface area contributed by atoms with E-state index in [0.29, 0.717) is 23.3 Å². The molecule has 0 heterocycles. The fourth-order valence-corrected chi connectivity index (χ4v) is 3.56. The van der Waals surface area contributed by atoms with Crippen LogP contribution in [0.3, 0.4) is 0 Å². The van der Waals surface area contributed by atoms with E-state index in [1.54, 1.807) is 4.90 Å². The lowest BCUT2D eigenvalue weighted by molar-refractivity contribution is 0.0624. The summed E-state index contributed by atoms with van der Waals surface area (Å²) in [6.07, 6.45) is 2.46. The van der Waals surface area contributed by atoms with Crippen LogP contribution in [-0.2, 0) is 0 Å². The Kier molecular flexibility index (Phi) is 7.55. The van der Waals surface area contributed by atoms with Gasteiger partial charge in [0.2, 0.25) is 0 Å². The summed E-state index contributed by atoms with van der Waals surface area (Å²) in [7, 11) is 1.82. The number of alkyl halides is 2. The maximum absolute atomic E-state index is 12.5. The van der Waals surface area contributed by atoms with Gasteiger partial charge in [0.05, 0.1) is 6.54 Å². The Bertz CT molecular complexity index is 289. The highest BCUT2D eigenvalue weighted by Gasteiger charge is 2.36. The largest absolute Gasteiger partial charge is 0.314 e. The van der Waals surface area contributed by atoms with Gasteiger partial charge in [0, 0.05) is 12.6 Å². The van der Waals surface area contributed by atoms with Crippen molar-refractivity contribution >= 4 is 0 Å². The van der Waals surface area contributed by atoms with Crippen molar-refractivity contribution in [2.45, 2.75) is 65.8 Å². The summed E-state index contributed by atoms with van der Waals surface area (Å²) in [5, 5.41) is 3.64. The zero-order valence-corrected chi connectivity index (χ0v) is 14.5. The predicted octanol–water partition coefficient (Wildman–Crippen LogP) is 4.01. The van der Waals surface area contributed by atoms with Crippen LogP contribution in [0.5, 0.6) is 0 Å². The first kappa shape index (κ1) is 18.8. The molecule has 1 aliphatic rings. The van der Waals surface area contributed by atoms with Crippen LogP contribution in [0.4, 0.5) is 8.78 Å². The first-order chi connectivity index (χ1) is 9.74. The Morgan fingerprint density at radius 3 is 2.43 bits per heavy atom. The van der Waals surface area contributed by atoms with E-state index in [9.17, 15) is 8.78 Å². The molecular formula is C17H34F2N2. The van der Waals surface area contributed by atoms with Crippen LogP contribution < -0.4 is 5.32 Å². The number of hydrogen-bond acceptors (Lipinski definition) is 2. The van der Waals surface area contributed by atoms with E-state index in [-0.39, 0.29) is 6.54 Å². The Balaban J connectivity index is 2.64. The van der Waals surface area contributed by atoms with Crippen LogP contribution in [0.1, 0.15) is 53.4 Å². The van der Waals surface area contributed by atoms with E-state index in [2.05, 4.69) is 33.0 Å². The second kappa shape index (κ2) is 8.42. The van der Waals surface area contributed by atoms with Gasteiger partial charge in [-0.25, -0.2) is 8.78 Å². The molecule has 1 N–H and O–H groups in total. The molecule has 0 aromatic rings. The summed E-state index contributed by atoms with van der Waals surface area (Å²) in [6, 6.07) is 0.490. The number of rotatable bonds is 7. The molecule has 0 saturated heterocycles. The molecule has 0 aromatic carbocycles. The van der Waals surface area contributed by atoms with Gasteiger partial charge in [-0.1, -0.05) is 27.7 Å². The molecule has 1 fully saturated rings. The summed E-state index contributed by atoms with van der Waals surface area (Å²) in [6.45, 7) is 10.8. The molecule has 1 aliphatic carbocycles. The fourth-order valence-electron chi connectivity index (χ4n) is 3.56. The number of halogens is 2. The van der Waals surface area contributed by atoms with E-state index in [0.717, 1.165) is 25.9 Å². The van der Waals surface area contributed by atoms with Gasteiger partial charge >= 0.3 is 0 Å². The van der Waals surface area contributed by atoms with Crippen molar-refractivity contribution in [3.05, 3.63) is 0 Å². The Hall–Kier alpha value is -0.220. The normalized spacial score (nSPS) is 27.6. The van der Waals surface area contributed by atoms with Crippen molar-refractivity contribution in [1.29, 1.82) is 0 Å². The van der Waals surface area contributed by atoms with Gasteiger partial charge in [-0.05, 0) is 56.5 Å². The molecule has 1 rings (SSSR count). The molecule has 4 heteroatoms. The zero-order valence-electron chi connectivity index (χ0n) is 14.5. The molecule has 1 saturated carbocycles. The zero-order chi connectivity index (χ0) is 16.0. The van der Waals surface area contributed by atoms with Crippen molar-refractivity contribution in [2.75, 3.05) is 26.7 Å². The summed E-state index contributed by atoms with van der Waals surface area (Å²) >= 11 is 0. The van der Waals surface area contributed by atoms with Crippen molar-refractivity contribution in [3.63, 3.8) is 0 Å². The smallest absolute Gasteiger partial charge is 0.251 e. The van der Waals surface area contributed by atoms with Crippen molar-refractivity contribution in [3.8, 4) is 0 Å². The summed E-state index contributed by atoms with van der Waals surface area (Å²) in [5.74, 6) is 1.18. The van der Waals surface area contributed by atoms with E-state index in [1.165, 1.54) is 12.8 Å². The van der Waals surface area contributed by atoms with Crippen LogP contribution >= 0.6 is 0 Å². The summed E-state index contributed by atoms with van der Waals surface area (Å²) in [4.78, 5) is 1.81. The quantitative estimate of drug-likeness (QED) is 0.764. The molecular weight excluding hydrogens is 270 g/mol. The van der Waals surface area contributed by atoms with Gasteiger partial charge in [-0.15, -0.1) is 0 Å². The first-order valence-corrected chi connectivity index (χ1v) is 8.44. The Morgan fingerprint density at radius 1 is 1.24 bits per heavy atom.